The number of hydrogen-bond acceptors (Lipinski definition) is 3. The van der Waals surface area contributed by atoms with Gasteiger partial charge in [-0.25, -0.2) is 0 Å². The Morgan fingerprint density at radius 1 is 1.47 bits per heavy atom. The SMILES string of the molecule is COc1cccc([C@@H](C)N[C@@]2(C(=O)O)CC2(C)C)c1. The van der Waals surface area contributed by atoms with E-state index >= 15 is 0 Å². The van der Waals surface area contributed by atoms with Gasteiger partial charge in [-0.3, -0.25) is 10.1 Å². The van der Waals surface area contributed by atoms with Crippen LogP contribution >= 0.6 is 0 Å². The fraction of sp³-hybridized carbons (Fsp3) is 0.533. The number of rotatable bonds is 5. The second-order valence-electron chi connectivity index (χ2n) is 5.91. The predicted octanol–water partition coefficient (Wildman–Crippen LogP) is 2.60. The van der Waals surface area contributed by atoms with Gasteiger partial charge in [-0.15, -0.1) is 0 Å². The number of nitrogens with one attached hydrogen (secondary N) is 1. The average molecular weight is 263 g/mol. The van der Waals surface area contributed by atoms with Gasteiger partial charge in [0.2, 0.25) is 0 Å². The summed E-state index contributed by atoms with van der Waals surface area (Å²) in [6, 6.07) is 7.67. The van der Waals surface area contributed by atoms with Crippen molar-refractivity contribution in [3.63, 3.8) is 0 Å². The molecule has 4 heteroatoms. The summed E-state index contributed by atoms with van der Waals surface area (Å²) in [4.78, 5) is 11.5. The maximum Gasteiger partial charge on any atom is 0.324 e. The smallest absolute Gasteiger partial charge is 0.324 e. The summed E-state index contributed by atoms with van der Waals surface area (Å²) in [5.74, 6) is 0.0119. The Morgan fingerprint density at radius 3 is 2.58 bits per heavy atom. The van der Waals surface area contributed by atoms with Crippen molar-refractivity contribution in [2.24, 2.45) is 5.41 Å². The number of ether oxygens (including phenoxy) is 1. The summed E-state index contributed by atoms with van der Waals surface area (Å²) >= 11 is 0. The van der Waals surface area contributed by atoms with Gasteiger partial charge in [0.1, 0.15) is 11.3 Å². The minimum absolute atomic E-state index is 0.0343. The lowest BCUT2D eigenvalue weighted by Crippen LogP contribution is -2.44. The molecule has 1 saturated carbocycles. The number of carboxylic acids is 1. The first-order valence-corrected chi connectivity index (χ1v) is 6.47. The summed E-state index contributed by atoms with van der Waals surface area (Å²) < 4.78 is 5.20. The van der Waals surface area contributed by atoms with Crippen LogP contribution < -0.4 is 10.1 Å². The summed E-state index contributed by atoms with van der Waals surface area (Å²) in [5.41, 5.74) is 0.0178. The van der Waals surface area contributed by atoms with Crippen molar-refractivity contribution >= 4 is 5.97 Å². The third kappa shape index (κ3) is 2.32. The first-order chi connectivity index (χ1) is 8.82. The highest BCUT2D eigenvalue weighted by molar-refractivity contribution is 5.84. The van der Waals surface area contributed by atoms with E-state index in [9.17, 15) is 9.90 Å². The molecular weight excluding hydrogens is 242 g/mol. The third-order valence-electron chi connectivity index (χ3n) is 4.16. The second kappa shape index (κ2) is 4.53. The molecule has 0 heterocycles. The number of hydrogen-bond donors (Lipinski definition) is 2. The van der Waals surface area contributed by atoms with Crippen LogP contribution in [-0.2, 0) is 4.79 Å². The Bertz CT molecular complexity index is 498. The van der Waals surface area contributed by atoms with Gasteiger partial charge in [-0.1, -0.05) is 26.0 Å². The predicted molar refractivity (Wildman–Crippen MR) is 73.3 cm³/mol. The minimum atomic E-state index is -0.810. The fourth-order valence-corrected chi connectivity index (χ4v) is 2.66. The molecule has 2 atom stereocenters. The van der Waals surface area contributed by atoms with Gasteiger partial charge >= 0.3 is 5.97 Å². The van der Waals surface area contributed by atoms with E-state index in [0.29, 0.717) is 6.42 Å². The van der Waals surface area contributed by atoms with Crippen molar-refractivity contribution in [1.29, 1.82) is 0 Å². The second-order valence-corrected chi connectivity index (χ2v) is 5.91. The molecule has 1 fully saturated rings. The molecule has 0 amide bonds. The van der Waals surface area contributed by atoms with E-state index in [2.05, 4.69) is 5.32 Å². The third-order valence-corrected chi connectivity index (χ3v) is 4.16. The summed E-state index contributed by atoms with van der Waals surface area (Å²) in [6.45, 7) is 5.94. The van der Waals surface area contributed by atoms with Crippen LogP contribution in [0.2, 0.25) is 0 Å². The van der Waals surface area contributed by atoms with Crippen molar-refractivity contribution in [1.82, 2.24) is 5.32 Å². The molecular formula is C15H21NO3. The fourth-order valence-electron chi connectivity index (χ4n) is 2.66. The largest absolute Gasteiger partial charge is 0.497 e. The van der Waals surface area contributed by atoms with E-state index < -0.39 is 11.5 Å². The zero-order valence-electron chi connectivity index (χ0n) is 11.9. The average Bonchev–Trinajstić information content (AvgIpc) is 2.92. The Hall–Kier alpha value is -1.55. The molecule has 0 radical (unpaired) electrons. The zero-order valence-corrected chi connectivity index (χ0v) is 11.9. The van der Waals surface area contributed by atoms with E-state index in [1.54, 1.807) is 7.11 Å². The molecule has 1 aromatic rings. The summed E-state index contributed by atoms with van der Waals surface area (Å²) in [5, 5.41) is 12.7. The molecule has 0 aromatic heterocycles. The quantitative estimate of drug-likeness (QED) is 0.857. The molecule has 0 saturated heterocycles. The van der Waals surface area contributed by atoms with Crippen LogP contribution in [0.3, 0.4) is 0 Å². The van der Waals surface area contributed by atoms with Crippen LogP contribution in [0.4, 0.5) is 0 Å². The molecule has 19 heavy (non-hydrogen) atoms. The first kappa shape index (κ1) is 13.9. The zero-order chi connectivity index (χ0) is 14.3. The van der Waals surface area contributed by atoms with Crippen molar-refractivity contribution in [3.05, 3.63) is 29.8 Å². The lowest BCUT2D eigenvalue weighted by molar-refractivity contribution is -0.142. The van der Waals surface area contributed by atoms with Gasteiger partial charge in [0.25, 0.3) is 0 Å². The first-order valence-electron chi connectivity index (χ1n) is 6.47. The maximum absolute atomic E-state index is 11.5. The van der Waals surface area contributed by atoms with Crippen molar-refractivity contribution in [2.45, 2.75) is 38.8 Å². The van der Waals surface area contributed by atoms with Gasteiger partial charge in [0.05, 0.1) is 7.11 Å². The highest BCUT2D eigenvalue weighted by Gasteiger charge is 2.67. The number of carbonyl (C=O) groups is 1. The normalized spacial score (nSPS) is 25.7. The van der Waals surface area contributed by atoms with Crippen molar-refractivity contribution in [2.75, 3.05) is 7.11 Å². The molecule has 2 rings (SSSR count). The van der Waals surface area contributed by atoms with E-state index in [-0.39, 0.29) is 11.5 Å². The molecule has 0 bridgehead atoms. The van der Waals surface area contributed by atoms with Crippen LogP contribution in [0, 0.1) is 5.41 Å². The number of aliphatic carboxylic acids is 1. The Labute approximate surface area is 113 Å². The monoisotopic (exact) mass is 263 g/mol. The van der Waals surface area contributed by atoms with Gasteiger partial charge in [-0.2, -0.15) is 0 Å². The van der Waals surface area contributed by atoms with Crippen LogP contribution in [0.5, 0.6) is 5.75 Å². The molecule has 0 spiro atoms. The van der Waals surface area contributed by atoms with Crippen molar-refractivity contribution < 1.29 is 14.6 Å². The van der Waals surface area contributed by atoms with Gasteiger partial charge < -0.3 is 9.84 Å². The Kier molecular flexibility index (Phi) is 3.31. The highest BCUT2D eigenvalue weighted by Crippen LogP contribution is 2.56. The number of benzene rings is 1. The van der Waals surface area contributed by atoms with Crippen LogP contribution in [0.1, 0.15) is 38.8 Å². The number of methoxy groups -OCH3 is 1. The summed E-state index contributed by atoms with van der Waals surface area (Å²) in [7, 11) is 1.62. The summed E-state index contributed by atoms with van der Waals surface area (Å²) in [6.07, 6.45) is 0.656. The van der Waals surface area contributed by atoms with Crippen LogP contribution in [0.25, 0.3) is 0 Å². The lowest BCUT2D eigenvalue weighted by atomic mass is 10.0. The van der Waals surface area contributed by atoms with Crippen molar-refractivity contribution in [3.8, 4) is 5.75 Å². The molecule has 1 aromatic carbocycles. The topological polar surface area (TPSA) is 58.6 Å². The lowest BCUT2D eigenvalue weighted by Gasteiger charge is -2.23. The number of carboxylic acid groups (broad SMARTS) is 1. The molecule has 0 unspecified atom stereocenters. The maximum atomic E-state index is 11.5. The van der Waals surface area contributed by atoms with Crippen LogP contribution in [-0.4, -0.2) is 23.7 Å². The molecule has 1 aliphatic rings. The molecule has 2 N–H and O–H groups in total. The Morgan fingerprint density at radius 2 is 2.11 bits per heavy atom. The van der Waals surface area contributed by atoms with E-state index in [4.69, 9.17) is 4.74 Å². The molecule has 104 valence electrons. The Balaban J connectivity index is 2.17. The van der Waals surface area contributed by atoms with E-state index in [0.717, 1.165) is 11.3 Å². The van der Waals surface area contributed by atoms with E-state index in [1.165, 1.54) is 0 Å². The molecule has 0 aliphatic heterocycles. The van der Waals surface area contributed by atoms with Gasteiger partial charge in [0.15, 0.2) is 0 Å². The van der Waals surface area contributed by atoms with E-state index in [1.807, 2.05) is 45.0 Å². The standard InChI is InChI=1S/C15H21NO3/c1-10(11-6-5-7-12(8-11)19-4)16-15(13(17)18)9-14(15,2)3/h5-8,10,16H,9H2,1-4H3,(H,17,18)/t10-,15-/m1/s1. The minimum Gasteiger partial charge on any atom is -0.497 e. The molecule has 1 aliphatic carbocycles. The highest BCUT2D eigenvalue weighted by atomic mass is 16.5. The van der Waals surface area contributed by atoms with Gasteiger partial charge in [0, 0.05) is 6.04 Å². The van der Waals surface area contributed by atoms with Crippen LogP contribution in [0.15, 0.2) is 24.3 Å². The molecule has 4 nitrogen and oxygen atoms in total. The van der Waals surface area contributed by atoms with Gasteiger partial charge in [-0.05, 0) is 36.5 Å².